The largest absolute Gasteiger partial charge is 0.0999 e. The van der Waals surface area contributed by atoms with Gasteiger partial charge in [0.1, 0.15) is 0 Å². The normalized spacial score (nSPS) is 17.6. The predicted molar refractivity (Wildman–Crippen MR) is 52.7 cm³/mol. The van der Waals surface area contributed by atoms with Gasteiger partial charge in [-0.1, -0.05) is 39.8 Å². The van der Waals surface area contributed by atoms with E-state index in [9.17, 15) is 0 Å². The predicted octanol–water partition coefficient (Wildman–Crippen LogP) is 4.17. The first-order valence-electron chi connectivity index (χ1n) is 4.56. The van der Waals surface area contributed by atoms with E-state index >= 15 is 0 Å². The van der Waals surface area contributed by atoms with E-state index in [1.165, 1.54) is 31.3 Å². The molecule has 0 saturated heterocycles. The molecule has 1 saturated carbocycles. The maximum Gasteiger partial charge on any atom is -0.0323 e. The standard InChI is InChI=1S/C6H10.C5H12/c1-6-4-2-3-5-6;1-5(2,3)4/h1-5H2;1-4H3. The molecule has 66 valence electrons. The van der Waals surface area contributed by atoms with Crippen LogP contribution in [0.4, 0.5) is 0 Å². The minimum absolute atomic E-state index is 0.500. The van der Waals surface area contributed by atoms with Crippen molar-refractivity contribution in [2.45, 2.75) is 53.4 Å². The summed E-state index contributed by atoms with van der Waals surface area (Å²) in [6.07, 6.45) is 5.36. The highest BCUT2D eigenvalue weighted by atomic mass is 14.1. The van der Waals surface area contributed by atoms with Crippen molar-refractivity contribution in [3.05, 3.63) is 12.2 Å². The Hall–Kier alpha value is -0.260. The molecule has 1 aliphatic rings. The van der Waals surface area contributed by atoms with Crippen molar-refractivity contribution in [2.24, 2.45) is 5.41 Å². The van der Waals surface area contributed by atoms with Gasteiger partial charge in [0.15, 0.2) is 0 Å². The van der Waals surface area contributed by atoms with E-state index in [2.05, 4.69) is 34.3 Å². The summed E-state index contributed by atoms with van der Waals surface area (Å²) in [5.74, 6) is 0. The summed E-state index contributed by atoms with van der Waals surface area (Å²) in [5, 5.41) is 0. The first-order chi connectivity index (χ1) is 4.89. The van der Waals surface area contributed by atoms with Crippen molar-refractivity contribution in [1.82, 2.24) is 0 Å². The van der Waals surface area contributed by atoms with Gasteiger partial charge in [0, 0.05) is 0 Å². The minimum atomic E-state index is 0.500. The topological polar surface area (TPSA) is 0 Å². The van der Waals surface area contributed by atoms with Crippen LogP contribution in [0.1, 0.15) is 53.4 Å². The van der Waals surface area contributed by atoms with Gasteiger partial charge in [-0.3, -0.25) is 0 Å². The average molecular weight is 154 g/mol. The molecule has 0 heteroatoms. The van der Waals surface area contributed by atoms with E-state index in [1.54, 1.807) is 0 Å². The Labute approximate surface area is 71.7 Å². The molecule has 0 amide bonds. The third-order valence-electron chi connectivity index (χ3n) is 1.31. The Morgan fingerprint density at radius 3 is 1.36 bits per heavy atom. The van der Waals surface area contributed by atoms with Crippen LogP contribution < -0.4 is 0 Å². The molecule has 0 N–H and O–H groups in total. The zero-order valence-electron chi connectivity index (χ0n) is 8.54. The smallest absolute Gasteiger partial charge is 0.0323 e. The highest BCUT2D eigenvalue weighted by Crippen LogP contribution is 2.20. The van der Waals surface area contributed by atoms with Crippen molar-refractivity contribution < 1.29 is 0 Å². The van der Waals surface area contributed by atoms with Crippen LogP contribution in [0.25, 0.3) is 0 Å². The van der Waals surface area contributed by atoms with Gasteiger partial charge in [-0.15, -0.1) is 0 Å². The lowest BCUT2D eigenvalue weighted by Gasteiger charge is -2.05. The SMILES string of the molecule is C=C1CCCC1.CC(C)(C)C. The van der Waals surface area contributed by atoms with Crippen LogP contribution in [0.15, 0.2) is 12.2 Å². The first kappa shape index (κ1) is 10.7. The number of hydrogen-bond donors (Lipinski definition) is 0. The number of hydrogen-bond acceptors (Lipinski definition) is 0. The van der Waals surface area contributed by atoms with Gasteiger partial charge >= 0.3 is 0 Å². The molecule has 0 nitrogen and oxygen atoms in total. The highest BCUT2D eigenvalue weighted by Gasteiger charge is 2.01. The molecule has 0 bridgehead atoms. The maximum absolute atomic E-state index is 3.85. The molecule has 0 spiro atoms. The summed E-state index contributed by atoms with van der Waals surface area (Å²) < 4.78 is 0. The van der Waals surface area contributed by atoms with Gasteiger partial charge < -0.3 is 0 Å². The second-order valence-electron chi connectivity index (χ2n) is 4.96. The van der Waals surface area contributed by atoms with Crippen LogP contribution in [0.2, 0.25) is 0 Å². The second-order valence-corrected chi connectivity index (χ2v) is 4.96. The maximum atomic E-state index is 3.85. The molecule has 0 heterocycles. The summed E-state index contributed by atoms with van der Waals surface area (Å²) in [6.45, 7) is 12.6. The van der Waals surface area contributed by atoms with Gasteiger partial charge in [0.25, 0.3) is 0 Å². The summed E-state index contributed by atoms with van der Waals surface area (Å²) in [5.41, 5.74) is 1.95. The van der Waals surface area contributed by atoms with Crippen LogP contribution in [-0.2, 0) is 0 Å². The molecular formula is C11H22. The number of rotatable bonds is 0. The van der Waals surface area contributed by atoms with E-state index in [-0.39, 0.29) is 0 Å². The zero-order chi connectivity index (χ0) is 8.91. The molecule has 0 aromatic carbocycles. The molecule has 0 radical (unpaired) electrons. The lowest BCUT2D eigenvalue weighted by atomic mass is 10.0. The van der Waals surface area contributed by atoms with E-state index < -0.39 is 0 Å². The monoisotopic (exact) mass is 154 g/mol. The van der Waals surface area contributed by atoms with Crippen molar-refractivity contribution in [2.75, 3.05) is 0 Å². The van der Waals surface area contributed by atoms with Crippen molar-refractivity contribution >= 4 is 0 Å². The van der Waals surface area contributed by atoms with Crippen LogP contribution in [0.3, 0.4) is 0 Å². The third-order valence-corrected chi connectivity index (χ3v) is 1.31. The Morgan fingerprint density at radius 1 is 1.00 bits per heavy atom. The first-order valence-corrected chi connectivity index (χ1v) is 4.56. The van der Waals surface area contributed by atoms with Gasteiger partial charge in [-0.25, -0.2) is 0 Å². The Morgan fingerprint density at radius 2 is 1.27 bits per heavy atom. The quantitative estimate of drug-likeness (QED) is 0.459. The molecule has 0 aliphatic heterocycles. The third kappa shape index (κ3) is 12.8. The van der Waals surface area contributed by atoms with Crippen LogP contribution in [0.5, 0.6) is 0 Å². The van der Waals surface area contributed by atoms with Crippen LogP contribution in [-0.4, -0.2) is 0 Å². The fourth-order valence-electron chi connectivity index (χ4n) is 0.875. The van der Waals surface area contributed by atoms with Crippen molar-refractivity contribution in [3.63, 3.8) is 0 Å². The average Bonchev–Trinajstić information content (AvgIpc) is 2.12. The van der Waals surface area contributed by atoms with Crippen LogP contribution in [0, 0.1) is 5.41 Å². The summed E-state index contributed by atoms with van der Waals surface area (Å²) in [7, 11) is 0. The molecule has 0 atom stereocenters. The molecule has 0 aromatic rings. The lowest BCUT2D eigenvalue weighted by Crippen LogP contribution is -1.93. The molecule has 0 aromatic heterocycles. The zero-order valence-corrected chi connectivity index (χ0v) is 8.54. The van der Waals surface area contributed by atoms with Crippen molar-refractivity contribution in [1.29, 1.82) is 0 Å². The van der Waals surface area contributed by atoms with Crippen molar-refractivity contribution in [3.8, 4) is 0 Å². The molecule has 0 unspecified atom stereocenters. The molecule has 11 heavy (non-hydrogen) atoms. The molecule has 1 aliphatic carbocycles. The minimum Gasteiger partial charge on any atom is -0.0999 e. The van der Waals surface area contributed by atoms with Gasteiger partial charge in [0.05, 0.1) is 0 Å². The lowest BCUT2D eigenvalue weighted by molar-refractivity contribution is 0.469. The van der Waals surface area contributed by atoms with E-state index in [0.717, 1.165) is 0 Å². The number of allylic oxidation sites excluding steroid dienone is 1. The van der Waals surface area contributed by atoms with Crippen LogP contribution >= 0.6 is 0 Å². The second kappa shape index (κ2) is 4.58. The highest BCUT2D eigenvalue weighted by molar-refractivity contribution is 4.98. The van der Waals surface area contributed by atoms with Gasteiger partial charge in [-0.05, 0) is 31.1 Å². The summed E-state index contributed by atoms with van der Waals surface area (Å²) >= 11 is 0. The molecular weight excluding hydrogens is 132 g/mol. The fraction of sp³-hybridized carbons (Fsp3) is 0.818. The fourth-order valence-corrected chi connectivity index (χ4v) is 0.875. The Balaban J connectivity index is 0.000000187. The Bertz CT molecular complexity index is 100. The van der Waals surface area contributed by atoms with E-state index in [4.69, 9.17) is 0 Å². The summed E-state index contributed by atoms with van der Waals surface area (Å²) in [4.78, 5) is 0. The Kier molecular flexibility index (Phi) is 4.48. The van der Waals surface area contributed by atoms with Gasteiger partial charge in [0.2, 0.25) is 0 Å². The summed E-state index contributed by atoms with van der Waals surface area (Å²) in [6, 6.07) is 0. The molecule has 1 rings (SSSR count). The van der Waals surface area contributed by atoms with E-state index in [1.807, 2.05) is 0 Å². The van der Waals surface area contributed by atoms with Gasteiger partial charge in [-0.2, -0.15) is 0 Å². The van der Waals surface area contributed by atoms with E-state index in [0.29, 0.717) is 5.41 Å². The molecule has 1 fully saturated rings.